The molecule has 2 N–H and O–H groups in total. The molecule has 106 valence electrons. The third-order valence-electron chi connectivity index (χ3n) is 3.39. The van der Waals surface area contributed by atoms with Gasteiger partial charge < -0.3 is 10.4 Å². The Morgan fingerprint density at radius 2 is 2.00 bits per heavy atom. The normalized spacial score (nSPS) is 15.7. The molecule has 1 aromatic carbocycles. The fraction of sp³-hybridized carbons (Fsp3) is 0.333. The minimum absolute atomic E-state index is 0.0260. The van der Waals surface area contributed by atoms with Crippen LogP contribution in [0.3, 0.4) is 0 Å². The van der Waals surface area contributed by atoms with Crippen LogP contribution in [0.2, 0.25) is 0 Å². The molecule has 20 heavy (non-hydrogen) atoms. The summed E-state index contributed by atoms with van der Waals surface area (Å²) >= 11 is 0. The van der Waals surface area contributed by atoms with Crippen molar-refractivity contribution in [1.29, 1.82) is 0 Å². The highest BCUT2D eigenvalue weighted by molar-refractivity contribution is 5.93. The van der Waals surface area contributed by atoms with Crippen LogP contribution in [0.25, 0.3) is 6.08 Å². The van der Waals surface area contributed by atoms with Crippen LogP contribution < -0.4 is 5.32 Å². The lowest BCUT2D eigenvalue weighted by Crippen LogP contribution is -2.20. The maximum Gasteiger partial charge on any atom is 0.328 e. The number of carbonyl (C=O) groups excluding carboxylic acids is 1. The van der Waals surface area contributed by atoms with Crippen LogP contribution in [0.4, 0.5) is 10.1 Å². The molecule has 1 saturated carbocycles. The van der Waals surface area contributed by atoms with Crippen molar-refractivity contribution < 1.29 is 19.1 Å². The zero-order valence-corrected chi connectivity index (χ0v) is 10.9. The molecule has 4 nitrogen and oxygen atoms in total. The zero-order chi connectivity index (χ0) is 14.5. The number of amides is 1. The standard InChI is InChI=1S/C15H16FNO3/c16-13-7-6-12(9-11(13)5-8-14(18)19)17-15(20)10-3-1-2-4-10/h5-10H,1-4H2,(H,17,20)(H,18,19)/b8-5+. The lowest BCUT2D eigenvalue weighted by molar-refractivity contribution is -0.131. The Kier molecular flexibility index (Phi) is 4.50. The van der Waals surface area contributed by atoms with Gasteiger partial charge in [0.15, 0.2) is 0 Å². The summed E-state index contributed by atoms with van der Waals surface area (Å²) in [5, 5.41) is 11.3. The van der Waals surface area contributed by atoms with Crippen LogP contribution >= 0.6 is 0 Å². The van der Waals surface area contributed by atoms with Gasteiger partial charge in [-0.3, -0.25) is 4.79 Å². The van der Waals surface area contributed by atoms with Crippen LogP contribution in [-0.4, -0.2) is 17.0 Å². The second-order valence-electron chi connectivity index (χ2n) is 4.88. The minimum atomic E-state index is -1.15. The molecule has 1 aromatic rings. The van der Waals surface area contributed by atoms with Crippen molar-refractivity contribution in [3.63, 3.8) is 0 Å². The van der Waals surface area contributed by atoms with Crippen molar-refractivity contribution in [3.8, 4) is 0 Å². The van der Waals surface area contributed by atoms with Crippen molar-refractivity contribution in [1.82, 2.24) is 0 Å². The van der Waals surface area contributed by atoms with Gasteiger partial charge in [-0.15, -0.1) is 0 Å². The number of hydrogen-bond donors (Lipinski definition) is 2. The molecule has 0 unspecified atom stereocenters. The van der Waals surface area contributed by atoms with Crippen molar-refractivity contribution in [2.45, 2.75) is 25.7 Å². The molecule has 1 amide bonds. The number of hydrogen-bond acceptors (Lipinski definition) is 2. The average molecular weight is 277 g/mol. The van der Waals surface area contributed by atoms with Crippen LogP contribution in [0, 0.1) is 11.7 Å². The van der Waals surface area contributed by atoms with E-state index in [4.69, 9.17) is 5.11 Å². The number of carbonyl (C=O) groups is 2. The van der Waals surface area contributed by atoms with Gasteiger partial charge in [0.2, 0.25) is 5.91 Å². The molecular weight excluding hydrogens is 261 g/mol. The van der Waals surface area contributed by atoms with E-state index in [-0.39, 0.29) is 17.4 Å². The maximum absolute atomic E-state index is 13.5. The van der Waals surface area contributed by atoms with Crippen molar-refractivity contribution in [2.75, 3.05) is 5.32 Å². The Balaban J connectivity index is 2.10. The second kappa shape index (κ2) is 6.32. The molecule has 2 rings (SSSR count). The minimum Gasteiger partial charge on any atom is -0.478 e. The summed E-state index contributed by atoms with van der Waals surface area (Å²) in [5.41, 5.74) is 0.616. The van der Waals surface area contributed by atoms with E-state index < -0.39 is 11.8 Å². The molecule has 0 atom stereocenters. The van der Waals surface area contributed by atoms with E-state index in [9.17, 15) is 14.0 Å². The highest BCUT2D eigenvalue weighted by atomic mass is 19.1. The summed E-state index contributed by atoms with van der Waals surface area (Å²) in [4.78, 5) is 22.4. The van der Waals surface area contributed by atoms with Crippen molar-refractivity contribution in [3.05, 3.63) is 35.7 Å². The highest BCUT2D eigenvalue weighted by Gasteiger charge is 2.22. The first-order valence-corrected chi connectivity index (χ1v) is 6.57. The highest BCUT2D eigenvalue weighted by Crippen LogP contribution is 2.26. The summed E-state index contributed by atoms with van der Waals surface area (Å²) in [6, 6.07) is 4.12. The van der Waals surface area contributed by atoms with Crippen LogP contribution in [0.1, 0.15) is 31.2 Å². The third-order valence-corrected chi connectivity index (χ3v) is 3.39. The van der Waals surface area contributed by atoms with E-state index >= 15 is 0 Å². The molecule has 1 aliphatic carbocycles. The number of rotatable bonds is 4. The van der Waals surface area contributed by atoms with Gasteiger partial charge in [-0.2, -0.15) is 0 Å². The Morgan fingerprint density at radius 3 is 2.65 bits per heavy atom. The number of aliphatic carboxylic acids is 1. The molecule has 1 aliphatic rings. The molecule has 0 aliphatic heterocycles. The summed E-state index contributed by atoms with van der Waals surface area (Å²) < 4.78 is 13.5. The van der Waals surface area contributed by atoms with Crippen LogP contribution in [-0.2, 0) is 9.59 Å². The quantitative estimate of drug-likeness (QED) is 0.831. The van der Waals surface area contributed by atoms with E-state index in [0.717, 1.165) is 31.8 Å². The molecule has 0 aromatic heterocycles. The third kappa shape index (κ3) is 3.66. The van der Waals surface area contributed by atoms with E-state index in [0.29, 0.717) is 5.69 Å². The first kappa shape index (κ1) is 14.2. The fourth-order valence-corrected chi connectivity index (χ4v) is 2.34. The van der Waals surface area contributed by atoms with Crippen molar-refractivity contribution in [2.24, 2.45) is 5.92 Å². The largest absolute Gasteiger partial charge is 0.478 e. The van der Waals surface area contributed by atoms with Crippen LogP contribution in [0.15, 0.2) is 24.3 Å². The van der Waals surface area contributed by atoms with Crippen molar-refractivity contribution >= 4 is 23.6 Å². The van der Waals surface area contributed by atoms with Gasteiger partial charge in [0.05, 0.1) is 0 Å². The molecule has 0 saturated heterocycles. The van der Waals surface area contributed by atoms with Gasteiger partial charge in [-0.05, 0) is 37.1 Å². The molecule has 0 bridgehead atoms. The molecule has 0 spiro atoms. The maximum atomic E-state index is 13.5. The SMILES string of the molecule is O=C(O)/C=C/c1cc(NC(=O)C2CCCC2)ccc1F. The topological polar surface area (TPSA) is 66.4 Å². The Hall–Kier alpha value is -2.17. The summed E-state index contributed by atoms with van der Waals surface area (Å²) in [6.07, 6.45) is 5.93. The number of benzene rings is 1. The summed E-state index contributed by atoms with van der Waals surface area (Å²) in [7, 11) is 0. The monoisotopic (exact) mass is 277 g/mol. The van der Waals surface area contributed by atoms with Crippen LogP contribution in [0.5, 0.6) is 0 Å². The molecule has 5 heteroatoms. The Bertz CT molecular complexity index is 548. The van der Waals surface area contributed by atoms with Gasteiger partial charge in [0.1, 0.15) is 5.82 Å². The number of carboxylic acid groups (broad SMARTS) is 1. The molecular formula is C15H16FNO3. The molecule has 0 heterocycles. The number of carboxylic acids is 1. The van der Waals surface area contributed by atoms with Gasteiger partial charge in [0, 0.05) is 23.2 Å². The lowest BCUT2D eigenvalue weighted by Gasteiger charge is -2.11. The molecule has 1 fully saturated rings. The van der Waals surface area contributed by atoms with E-state index in [1.165, 1.54) is 24.3 Å². The summed E-state index contributed by atoms with van der Waals surface area (Å²) in [5.74, 6) is -1.70. The van der Waals surface area contributed by atoms with E-state index in [2.05, 4.69) is 5.32 Å². The fourth-order valence-electron chi connectivity index (χ4n) is 2.34. The smallest absolute Gasteiger partial charge is 0.328 e. The Labute approximate surface area is 116 Å². The number of nitrogens with one attached hydrogen (secondary N) is 1. The molecule has 0 radical (unpaired) electrons. The average Bonchev–Trinajstić information content (AvgIpc) is 2.93. The van der Waals surface area contributed by atoms with Gasteiger partial charge in [-0.25, -0.2) is 9.18 Å². The first-order chi connectivity index (χ1) is 9.56. The Morgan fingerprint density at radius 1 is 1.30 bits per heavy atom. The summed E-state index contributed by atoms with van der Waals surface area (Å²) in [6.45, 7) is 0. The first-order valence-electron chi connectivity index (χ1n) is 6.57. The second-order valence-corrected chi connectivity index (χ2v) is 4.88. The zero-order valence-electron chi connectivity index (χ0n) is 10.9. The predicted octanol–water partition coefficient (Wildman–Crippen LogP) is 3.05. The van der Waals surface area contributed by atoms with E-state index in [1.807, 2.05) is 0 Å². The number of anilines is 1. The lowest BCUT2D eigenvalue weighted by atomic mass is 10.1. The number of halogens is 1. The van der Waals surface area contributed by atoms with Gasteiger partial charge in [-0.1, -0.05) is 12.8 Å². The van der Waals surface area contributed by atoms with Gasteiger partial charge >= 0.3 is 5.97 Å². The van der Waals surface area contributed by atoms with Gasteiger partial charge in [0.25, 0.3) is 0 Å². The van der Waals surface area contributed by atoms with E-state index in [1.54, 1.807) is 0 Å². The predicted molar refractivity (Wildman–Crippen MR) is 73.7 cm³/mol.